The molecule has 5 heteroatoms. The van der Waals surface area contributed by atoms with Gasteiger partial charge in [0.05, 0.1) is 10.9 Å². The Morgan fingerprint density at radius 1 is 1.31 bits per heavy atom. The topological polar surface area (TPSA) is 63.4 Å². The summed E-state index contributed by atoms with van der Waals surface area (Å²) in [7, 11) is -3.35. The fraction of sp³-hybridized carbons (Fsp3) is 0.455. The molecule has 4 nitrogen and oxygen atoms in total. The van der Waals surface area contributed by atoms with E-state index in [1.54, 1.807) is 19.1 Å². The van der Waals surface area contributed by atoms with Crippen molar-refractivity contribution >= 4 is 15.7 Å². The Morgan fingerprint density at radius 2 is 1.88 bits per heavy atom. The lowest BCUT2D eigenvalue weighted by Crippen LogP contribution is -2.40. The predicted molar refractivity (Wildman–Crippen MR) is 66.9 cm³/mol. The van der Waals surface area contributed by atoms with Crippen LogP contribution >= 0.6 is 0 Å². The molecule has 90 valence electrons. The van der Waals surface area contributed by atoms with Crippen molar-refractivity contribution in [1.29, 1.82) is 0 Å². The molecule has 0 spiro atoms. The SMILES string of the molecule is CCN(c1ccccc1)S(=O)(=O)C(C)CN. The summed E-state index contributed by atoms with van der Waals surface area (Å²) in [6.07, 6.45) is 0. The zero-order valence-corrected chi connectivity index (χ0v) is 10.4. The molecular weight excluding hydrogens is 224 g/mol. The standard InChI is InChI=1S/C11H18N2O2S/c1-3-13(11-7-5-4-6-8-11)16(14,15)10(2)9-12/h4-8,10H,3,9,12H2,1-2H3. The minimum absolute atomic E-state index is 0.131. The molecular formula is C11H18N2O2S. The van der Waals surface area contributed by atoms with Gasteiger partial charge in [-0.15, -0.1) is 0 Å². The normalized spacial score (nSPS) is 13.4. The van der Waals surface area contributed by atoms with E-state index < -0.39 is 15.3 Å². The lowest BCUT2D eigenvalue weighted by Gasteiger charge is -2.25. The molecule has 1 atom stereocenters. The van der Waals surface area contributed by atoms with E-state index in [2.05, 4.69) is 0 Å². The number of benzene rings is 1. The smallest absolute Gasteiger partial charge is 0.239 e. The molecule has 0 heterocycles. The maximum absolute atomic E-state index is 12.1. The van der Waals surface area contributed by atoms with Crippen LogP contribution in [0.1, 0.15) is 13.8 Å². The number of para-hydroxylation sites is 1. The van der Waals surface area contributed by atoms with E-state index in [4.69, 9.17) is 5.73 Å². The van der Waals surface area contributed by atoms with Crippen molar-refractivity contribution in [2.45, 2.75) is 19.1 Å². The highest BCUT2D eigenvalue weighted by molar-refractivity contribution is 7.93. The zero-order valence-electron chi connectivity index (χ0n) is 9.63. The van der Waals surface area contributed by atoms with Crippen LogP contribution < -0.4 is 10.0 Å². The first-order chi connectivity index (χ1) is 7.54. The van der Waals surface area contributed by atoms with E-state index in [-0.39, 0.29) is 6.54 Å². The molecule has 0 fully saturated rings. The van der Waals surface area contributed by atoms with Gasteiger partial charge in [0.2, 0.25) is 10.0 Å². The molecule has 0 aliphatic carbocycles. The van der Waals surface area contributed by atoms with Gasteiger partial charge in [-0.2, -0.15) is 0 Å². The van der Waals surface area contributed by atoms with Crippen LogP contribution in [0.25, 0.3) is 0 Å². The number of hydrogen-bond acceptors (Lipinski definition) is 3. The molecule has 1 aromatic carbocycles. The number of hydrogen-bond donors (Lipinski definition) is 1. The Balaban J connectivity index is 3.09. The Hall–Kier alpha value is -1.07. The van der Waals surface area contributed by atoms with Crippen molar-refractivity contribution in [2.24, 2.45) is 5.73 Å². The van der Waals surface area contributed by atoms with Gasteiger partial charge >= 0.3 is 0 Å². The first-order valence-electron chi connectivity index (χ1n) is 5.30. The van der Waals surface area contributed by atoms with Crippen molar-refractivity contribution in [3.05, 3.63) is 30.3 Å². The van der Waals surface area contributed by atoms with Gasteiger partial charge in [-0.1, -0.05) is 18.2 Å². The van der Waals surface area contributed by atoms with Gasteiger partial charge in [0.25, 0.3) is 0 Å². The molecule has 1 rings (SSSR count). The Bertz CT molecular complexity index is 417. The summed E-state index contributed by atoms with van der Waals surface area (Å²) in [4.78, 5) is 0. The molecule has 0 aromatic heterocycles. The number of nitrogens with two attached hydrogens (primary N) is 1. The van der Waals surface area contributed by atoms with E-state index in [1.165, 1.54) is 4.31 Å². The minimum Gasteiger partial charge on any atom is -0.329 e. The minimum atomic E-state index is -3.35. The molecule has 0 saturated carbocycles. The average molecular weight is 242 g/mol. The first-order valence-corrected chi connectivity index (χ1v) is 6.81. The highest BCUT2D eigenvalue weighted by Gasteiger charge is 2.26. The van der Waals surface area contributed by atoms with Gasteiger partial charge in [0.15, 0.2) is 0 Å². The molecule has 2 N–H and O–H groups in total. The molecule has 0 aliphatic heterocycles. The van der Waals surface area contributed by atoms with Gasteiger partial charge in [0, 0.05) is 13.1 Å². The third-order valence-corrected chi connectivity index (χ3v) is 4.77. The Morgan fingerprint density at radius 3 is 2.31 bits per heavy atom. The predicted octanol–water partition coefficient (Wildman–Crippen LogP) is 1.19. The van der Waals surface area contributed by atoms with E-state index >= 15 is 0 Å². The fourth-order valence-electron chi connectivity index (χ4n) is 1.44. The maximum Gasteiger partial charge on any atom is 0.239 e. The van der Waals surface area contributed by atoms with Crippen LogP contribution in [0.15, 0.2) is 30.3 Å². The third kappa shape index (κ3) is 2.54. The molecule has 0 saturated heterocycles. The molecule has 0 aliphatic rings. The highest BCUT2D eigenvalue weighted by Crippen LogP contribution is 2.19. The van der Waals surface area contributed by atoms with Crippen LogP contribution in [0.3, 0.4) is 0 Å². The van der Waals surface area contributed by atoms with Gasteiger partial charge in [-0.05, 0) is 26.0 Å². The summed E-state index contributed by atoms with van der Waals surface area (Å²) < 4.78 is 25.7. The number of nitrogens with zero attached hydrogens (tertiary/aromatic N) is 1. The summed E-state index contributed by atoms with van der Waals surface area (Å²) in [6.45, 7) is 3.98. The summed E-state index contributed by atoms with van der Waals surface area (Å²) in [5.74, 6) is 0. The van der Waals surface area contributed by atoms with Gasteiger partial charge in [-0.25, -0.2) is 8.42 Å². The lowest BCUT2D eigenvalue weighted by molar-refractivity contribution is 0.579. The molecule has 1 aromatic rings. The van der Waals surface area contributed by atoms with Crippen molar-refractivity contribution in [3.63, 3.8) is 0 Å². The maximum atomic E-state index is 12.1. The number of sulfonamides is 1. The van der Waals surface area contributed by atoms with Crippen LogP contribution in [-0.2, 0) is 10.0 Å². The summed E-state index contributed by atoms with van der Waals surface area (Å²) in [5.41, 5.74) is 6.11. The quantitative estimate of drug-likeness (QED) is 0.843. The molecule has 0 amide bonds. The first kappa shape index (κ1) is 13.0. The summed E-state index contributed by atoms with van der Waals surface area (Å²) in [6, 6.07) is 9.06. The second-order valence-electron chi connectivity index (χ2n) is 3.59. The Kier molecular flexibility index (Phi) is 4.32. The highest BCUT2D eigenvalue weighted by atomic mass is 32.2. The summed E-state index contributed by atoms with van der Waals surface area (Å²) in [5, 5.41) is -0.562. The van der Waals surface area contributed by atoms with Crippen LogP contribution in [0.4, 0.5) is 5.69 Å². The second-order valence-corrected chi connectivity index (χ2v) is 5.87. The molecule has 0 bridgehead atoms. The molecule has 0 radical (unpaired) electrons. The largest absolute Gasteiger partial charge is 0.329 e. The monoisotopic (exact) mass is 242 g/mol. The molecule has 1 unspecified atom stereocenters. The van der Waals surface area contributed by atoms with Crippen LogP contribution in [0, 0.1) is 0 Å². The Labute approximate surface area is 97.1 Å². The third-order valence-electron chi connectivity index (χ3n) is 2.48. The van der Waals surface area contributed by atoms with E-state index in [0.717, 1.165) is 0 Å². The molecule has 16 heavy (non-hydrogen) atoms. The van der Waals surface area contributed by atoms with Crippen LogP contribution in [0.5, 0.6) is 0 Å². The van der Waals surface area contributed by atoms with Gasteiger partial charge in [-0.3, -0.25) is 4.31 Å². The lowest BCUT2D eigenvalue weighted by atomic mass is 10.3. The number of anilines is 1. The fourth-order valence-corrected chi connectivity index (χ4v) is 2.90. The van der Waals surface area contributed by atoms with E-state index in [9.17, 15) is 8.42 Å². The van der Waals surface area contributed by atoms with Gasteiger partial charge in [0.1, 0.15) is 0 Å². The van der Waals surface area contributed by atoms with Crippen molar-refractivity contribution in [2.75, 3.05) is 17.4 Å². The van der Waals surface area contributed by atoms with Crippen molar-refractivity contribution < 1.29 is 8.42 Å². The van der Waals surface area contributed by atoms with Crippen molar-refractivity contribution in [3.8, 4) is 0 Å². The second kappa shape index (κ2) is 5.32. The van der Waals surface area contributed by atoms with Gasteiger partial charge < -0.3 is 5.73 Å². The average Bonchev–Trinajstić information content (AvgIpc) is 2.30. The van der Waals surface area contributed by atoms with Crippen LogP contribution in [-0.4, -0.2) is 26.8 Å². The van der Waals surface area contributed by atoms with E-state index in [0.29, 0.717) is 12.2 Å². The van der Waals surface area contributed by atoms with Crippen LogP contribution in [0.2, 0.25) is 0 Å². The summed E-state index contributed by atoms with van der Waals surface area (Å²) >= 11 is 0. The zero-order chi connectivity index (χ0) is 12.2. The van der Waals surface area contributed by atoms with Crippen molar-refractivity contribution in [1.82, 2.24) is 0 Å². The number of rotatable bonds is 5. The van der Waals surface area contributed by atoms with E-state index in [1.807, 2.05) is 25.1 Å².